The second kappa shape index (κ2) is 5.17. The van der Waals surface area contributed by atoms with Gasteiger partial charge in [0, 0.05) is 26.6 Å². The van der Waals surface area contributed by atoms with E-state index in [0.29, 0.717) is 17.3 Å². The number of halogens is 2. The SMILES string of the molecule is CC(C)(C)c1cc(N)nc(-c2ncc(Br)cc2Br)n1. The van der Waals surface area contributed by atoms with E-state index in [0.717, 1.165) is 14.6 Å². The molecule has 6 heteroatoms. The van der Waals surface area contributed by atoms with Crippen molar-refractivity contribution in [2.75, 3.05) is 5.73 Å². The Morgan fingerprint density at radius 1 is 1.11 bits per heavy atom. The maximum Gasteiger partial charge on any atom is 0.181 e. The van der Waals surface area contributed by atoms with Crippen molar-refractivity contribution in [1.82, 2.24) is 15.0 Å². The average molecular weight is 386 g/mol. The lowest BCUT2D eigenvalue weighted by Gasteiger charge is -2.18. The van der Waals surface area contributed by atoms with Crippen LogP contribution < -0.4 is 5.73 Å². The molecule has 2 heterocycles. The zero-order valence-corrected chi connectivity index (χ0v) is 14.1. The summed E-state index contributed by atoms with van der Waals surface area (Å²) in [5, 5.41) is 0. The number of pyridine rings is 1. The Hall–Kier alpha value is -1.01. The molecular weight excluding hydrogens is 372 g/mol. The van der Waals surface area contributed by atoms with Gasteiger partial charge >= 0.3 is 0 Å². The molecule has 100 valence electrons. The Kier molecular flexibility index (Phi) is 3.92. The summed E-state index contributed by atoms with van der Waals surface area (Å²) in [6, 6.07) is 3.71. The van der Waals surface area contributed by atoms with Crippen LogP contribution in [-0.2, 0) is 5.41 Å². The summed E-state index contributed by atoms with van der Waals surface area (Å²) in [6.07, 6.45) is 1.71. The molecular formula is C13H14Br2N4. The molecule has 2 rings (SSSR count). The van der Waals surface area contributed by atoms with Crippen LogP contribution in [0.25, 0.3) is 11.5 Å². The van der Waals surface area contributed by atoms with Crippen LogP contribution in [0.1, 0.15) is 26.5 Å². The highest BCUT2D eigenvalue weighted by Crippen LogP contribution is 2.29. The summed E-state index contributed by atoms with van der Waals surface area (Å²) in [4.78, 5) is 13.2. The molecule has 0 atom stereocenters. The van der Waals surface area contributed by atoms with Crippen LogP contribution in [0.5, 0.6) is 0 Å². The summed E-state index contributed by atoms with van der Waals surface area (Å²) < 4.78 is 1.72. The average Bonchev–Trinajstić information content (AvgIpc) is 2.26. The van der Waals surface area contributed by atoms with Gasteiger partial charge in [0.25, 0.3) is 0 Å². The van der Waals surface area contributed by atoms with Crippen molar-refractivity contribution in [3.05, 3.63) is 33.0 Å². The van der Waals surface area contributed by atoms with E-state index in [2.05, 4.69) is 67.6 Å². The number of hydrogen-bond donors (Lipinski definition) is 1. The Bertz CT molecular complexity index is 621. The highest BCUT2D eigenvalue weighted by Gasteiger charge is 2.19. The van der Waals surface area contributed by atoms with Crippen molar-refractivity contribution in [3.8, 4) is 11.5 Å². The number of hydrogen-bond acceptors (Lipinski definition) is 4. The summed E-state index contributed by atoms with van der Waals surface area (Å²) in [6.45, 7) is 6.26. The van der Waals surface area contributed by atoms with Gasteiger partial charge in [0.2, 0.25) is 0 Å². The van der Waals surface area contributed by atoms with E-state index in [-0.39, 0.29) is 5.41 Å². The van der Waals surface area contributed by atoms with Crippen LogP contribution in [0.3, 0.4) is 0 Å². The van der Waals surface area contributed by atoms with Gasteiger partial charge in [-0.2, -0.15) is 0 Å². The molecule has 2 aromatic rings. The normalized spacial score (nSPS) is 11.6. The number of nitrogens with zero attached hydrogens (tertiary/aromatic N) is 3. The van der Waals surface area contributed by atoms with Gasteiger partial charge in [0.15, 0.2) is 5.82 Å². The topological polar surface area (TPSA) is 64.7 Å². The molecule has 0 aromatic carbocycles. The molecule has 2 N–H and O–H groups in total. The molecule has 0 saturated carbocycles. The summed E-state index contributed by atoms with van der Waals surface area (Å²) in [7, 11) is 0. The van der Waals surface area contributed by atoms with Crippen molar-refractivity contribution < 1.29 is 0 Å². The highest BCUT2D eigenvalue weighted by molar-refractivity contribution is 9.11. The molecule has 0 spiro atoms. The van der Waals surface area contributed by atoms with Crippen LogP contribution in [0.15, 0.2) is 27.3 Å². The van der Waals surface area contributed by atoms with Gasteiger partial charge in [-0.25, -0.2) is 9.97 Å². The third-order valence-corrected chi connectivity index (χ3v) is 3.57. The zero-order chi connectivity index (χ0) is 14.2. The number of nitrogen functional groups attached to an aromatic ring is 1. The predicted octanol–water partition coefficient (Wildman–Crippen LogP) is 3.94. The summed E-state index contributed by atoms with van der Waals surface area (Å²) in [5.41, 5.74) is 7.36. The standard InChI is InChI=1S/C13H14Br2N4/c1-13(2,3)9-5-10(16)19-12(18-9)11-8(15)4-7(14)6-17-11/h4-6H,1-3H3,(H2,16,18,19). The van der Waals surface area contributed by atoms with Crippen LogP contribution in [0.4, 0.5) is 5.82 Å². The van der Waals surface area contributed by atoms with Gasteiger partial charge in [-0.15, -0.1) is 0 Å². The van der Waals surface area contributed by atoms with Gasteiger partial charge in [-0.3, -0.25) is 4.98 Å². The van der Waals surface area contributed by atoms with E-state index in [4.69, 9.17) is 5.73 Å². The molecule has 0 bridgehead atoms. The summed E-state index contributed by atoms with van der Waals surface area (Å²) >= 11 is 6.84. The molecule has 4 nitrogen and oxygen atoms in total. The predicted molar refractivity (Wildman–Crippen MR) is 83.8 cm³/mol. The molecule has 0 unspecified atom stereocenters. The lowest BCUT2D eigenvalue weighted by atomic mass is 9.92. The minimum atomic E-state index is -0.0896. The second-order valence-electron chi connectivity index (χ2n) is 5.24. The third kappa shape index (κ3) is 3.30. The molecule has 0 amide bonds. The molecule has 19 heavy (non-hydrogen) atoms. The van der Waals surface area contributed by atoms with Crippen LogP contribution in [0.2, 0.25) is 0 Å². The first-order valence-corrected chi connectivity index (χ1v) is 7.32. The molecule has 0 saturated heterocycles. The zero-order valence-electron chi connectivity index (χ0n) is 10.9. The molecule has 2 aromatic heterocycles. The van der Waals surface area contributed by atoms with Crippen LogP contribution in [-0.4, -0.2) is 15.0 Å². The van der Waals surface area contributed by atoms with E-state index in [1.54, 1.807) is 12.3 Å². The van der Waals surface area contributed by atoms with E-state index in [1.807, 2.05) is 6.07 Å². The minimum Gasteiger partial charge on any atom is -0.384 e. The first-order chi connectivity index (χ1) is 8.77. The maximum absolute atomic E-state index is 5.87. The van der Waals surface area contributed by atoms with Gasteiger partial charge in [0.1, 0.15) is 11.5 Å². The van der Waals surface area contributed by atoms with Gasteiger partial charge in [0.05, 0.1) is 5.69 Å². The summed E-state index contributed by atoms with van der Waals surface area (Å²) in [5.74, 6) is 0.982. The quantitative estimate of drug-likeness (QED) is 0.807. The first-order valence-electron chi connectivity index (χ1n) is 5.74. The Labute approximate surface area is 129 Å². The monoisotopic (exact) mass is 384 g/mol. The van der Waals surface area contributed by atoms with E-state index in [1.165, 1.54) is 0 Å². The minimum absolute atomic E-state index is 0.0896. The van der Waals surface area contributed by atoms with Gasteiger partial charge in [-0.05, 0) is 37.9 Å². The fourth-order valence-electron chi connectivity index (χ4n) is 1.54. The molecule has 0 radical (unpaired) electrons. The lowest BCUT2D eigenvalue weighted by molar-refractivity contribution is 0.568. The second-order valence-corrected chi connectivity index (χ2v) is 7.01. The Morgan fingerprint density at radius 2 is 1.79 bits per heavy atom. The van der Waals surface area contributed by atoms with Crippen molar-refractivity contribution in [2.45, 2.75) is 26.2 Å². The third-order valence-electron chi connectivity index (χ3n) is 2.53. The van der Waals surface area contributed by atoms with Crippen LogP contribution >= 0.6 is 31.9 Å². The van der Waals surface area contributed by atoms with Crippen molar-refractivity contribution in [1.29, 1.82) is 0 Å². The fourth-order valence-corrected chi connectivity index (χ4v) is 2.70. The van der Waals surface area contributed by atoms with E-state index < -0.39 is 0 Å². The van der Waals surface area contributed by atoms with Gasteiger partial charge in [-0.1, -0.05) is 20.8 Å². The molecule has 0 aliphatic carbocycles. The van der Waals surface area contributed by atoms with Crippen molar-refractivity contribution >= 4 is 37.7 Å². The largest absolute Gasteiger partial charge is 0.384 e. The smallest absolute Gasteiger partial charge is 0.181 e. The molecule has 0 aliphatic heterocycles. The number of rotatable bonds is 1. The van der Waals surface area contributed by atoms with E-state index in [9.17, 15) is 0 Å². The maximum atomic E-state index is 5.87. The Morgan fingerprint density at radius 3 is 2.37 bits per heavy atom. The van der Waals surface area contributed by atoms with Gasteiger partial charge < -0.3 is 5.73 Å². The van der Waals surface area contributed by atoms with Crippen molar-refractivity contribution in [2.24, 2.45) is 0 Å². The Balaban J connectivity index is 2.59. The number of nitrogens with two attached hydrogens (primary N) is 1. The van der Waals surface area contributed by atoms with Crippen LogP contribution in [0, 0.1) is 0 Å². The fraction of sp³-hybridized carbons (Fsp3) is 0.308. The molecule has 0 aliphatic rings. The van der Waals surface area contributed by atoms with E-state index >= 15 is 0 Å². The highest BCUT2D eigenvalue weighted by atomic mass is 79.9. The van der Waals surface area contributed by atoms with Crippen molar-refractivity contribution in [3.63, 3.8) is 0 Å². The number of anilines is 1. The first kappa shape index (κ1) is 14.4. The molecule has 0 fully saturated rings. The lowest BCUT2D eigenvalue weighted by Crippen LogP contribution is -2.15. The number of aromatic nitrogens is 3.